The summed E-state index contributed by atoms with van der Waals surface area (Å²) in [4.78, 5) is 17.8. The number of pyridine rings is 1. The van der Waals surface area contributed by atoms with Gasteiger partial charge in [0.15, 0.2) is 0 Å². The predicted octanol–water partition coefficient (Wildman–Crippen LogP) is 2.42. The maximum absolute atomic E-state index is 12.7. The average Bonchev–Trinajstić information content (AvgIpc) is 2.72. The van der Waals surface area contributed by atoms with E-state index >= 15 is 0 Å². The van der Waals surface area contributed by atoms with Gasteiger partial charge in [-0.3, -0.25) is 4.79 Å². The van der Waals surface area contributed by atoms with Crippen LogP contribution in [0, 0.1) is 24.2 Å². The van der Waals surface area contributed by atoms with E-state index < -0.39 is 10.0 Å². The fraction of sp³-hybridized carbons (Fsp3) is 0.381. The molecule has 0 radical (unpaired) electrons. The molecule has 0 spiro atoms. The van der Waals surface area contributed by atoms with Gasteiger partial charge in [0.2, 0.25) is 15.9 Å². The first-order chi connectivity index (χ1) is 14.3. The second-order valence-electron chi connectivity index (χ2n) is 7.43. The van der Waals surface area contributed by atoms with Crippen LogP contribution in [-0.2, 0) is 14.8 Å². The number of hydrogen-bond donors (Lipinski definition) is 2. The molecule has 0 aliphatic carbocycles. The molecule has 1 aromatic carbocycles. The van der Waals surface area contributed by atoms with Crippen LogP contribution in [0.1, 0.15) is 30.9 Å². The predicted molar refractivity (Wildman–Crippen MR) is 115 cm³/mol. The van der Waals surface area contributed by atoms with E-state index in [1.807, 2.05) is 0 Å². The van der Waals surface area contributed by atoms with Crippen LogP contribution in [0.4, 0.5) is 11.5 Å². The van der Waals surface area contributed by atoms with Crippen molar-refractivity contribution in [3.63, 3.8) is 0 Å². The van der Waals surface area contributed by atoms with Gasteiger partial charge in [-0.25, -0.2) is 18.1 Å². The number of carbonyl (C=O) groups excluding carboxylic acids is 1. The molecule has 1 aliphatic rings. The zero-order valence-corrected chi connectivity index (χ0v) is 17.9. The summed E-state index contributed by atoms with van der Waals surface area (Å²) in [6, 6.07) is 10.4. The molecule has 2 aromatic rings. The number of nitrogens with zero attached hydrogens (tertiary/aromatic N) is 3. The topological polar surface area (TPSA) is 115 Å². The highest BCUT2D eigenvalue weighted by Crippen LogP contribution is 2.25. The Labute approximate surface area is 177 Å². The van der Waals surface area contributed by atoms with Crippen molar-refractivity contribution in [2.24, 2.45) is 5.92 Å². The summed E-state index contributed by atoms with van der Waals surface area (Å²) in [5.74, 6) is 0.695. The smallest absolute Gasteiger partial charge is 0.240 e. The van der Waals surface area contributed by atoms with Crippen molar-refractivity contribution in [1.29, 1.82) is 5.26 Å². The molecule has 1 fully saturated rings. The third-order valence-corrected chi connectivity index (χ3v) is 6.75. The zero-order valence-electron chi connectivity index (χ0n) is 17.1. The number of hydrogen-bond acceptors (Lipinski definition) is 6. The highest BCUT2D eigenvalue weighted by atomic mass is 32.2. The van der Waals surface area contributed by atoms with Crippen molar-refractivity contribution in [2.45, 2.75) is 31.6 Å². The van der Waals surface area contributed by atoms with Gasteiger partial charge < -0.3 is 10.2 Å². The van der Waals surface area contributed by atoms with E-state index in [0.29, 0.717) is 29.2 Å². The molecule has 1 aliphatic heterocycles. The number of nitriles is 1. The second kappa shape index (κ2) is 9.24. The van der Waals surface area contributed by atoms with Crippen molar-refractivity contribution in [1.82, 2.24) is 9.71 Å². The number of sulfonamides is 1. The summed E-state index contributed by atoms with van der Waals surface area (Å²) >= 11 is 0. The molecule has 0 unspecified atom stereocenters. The largest absolute Gasteiger partial charge is 0.356 e. The SMILES string of the molecule is CC(=O)Nc1ccc(S(=O)(=O)NCC2CCN(c3ncccc3C#N)CC2)c(C)c1. The molecule has 8 nitrogen and oxygen atoms in total. The Morgan fingerprint density at radius 1 is 1.30 bits per heavy atom. The van der Waals surface area contributed by atoms with E-state index in [2.05, 4.69) is 26.0 Å². The quantitative estimate of drug-likeness (QED) is 0.732. The zero-order chi connectivity index (χ0) is 21.7. The third kappa shape index (κ3) is 5.14. The third-order valence-electron chi connectivity index (χ3n) is 5.17. The van der Waals surface area contributed by atoms with Crippen LogP contribution in [0.5, 0.6) is 0 Å². The number of rotatable bonds is 6. The van der Waals surface area contributed by atoms with Crippen LogP contribution >= 0.6 is 0 Å². The average molecular weight is 428 g/mol. The van der Waals surface area contributed by atoms with Crippen molar-refractivity contribution < 1.29 is 13.2 Å². The molecular weight excluding hydrogens is 402 g/mol. The monoisotopic (exact) mass is 427 g/mol. The van der Waals surface area contributed by atoms with Crippen molar-refractivity contribution in [3.05, 3.63) is 47.7 Å². The highest BCUT2D eigenvalue weighted by Gasteiger charge is 2.24. The van der Waals surface area contributed by atoms with Gasteiger partial charge in [-0.1, -0.05) is 0 Å². The number of piperidine rings is 1. The minimum atomic E-state index is -3.64. The van der Waals surface area contributed by atoms with E-state index in [1.165, 1.54) is 13.0 Å². The molecule has 0 atom stereocenters. The van der Waals surface area contributed by atoms with E-state index in [-0.39, 0.29) is 16.7 Å². The van der Waals surface area contributed by atoms with Gasteiger partial charge in [0.25, 0.3) is 0 Å². The summed E-state index contributed by atoms with van der Waals surface area (Å²) < 4.78 is 28.2. The summed E-state index contributed by atoms with van der Waals surface area (Å²) in [5.41, 5.74) is 1.69. The molecule has 30 heavy (non-hydrogen) atoms. The maximum atomic E-state index is 12.7. The number of anilines is 2. The Bertz CT molecular complexity index is 1070. The number of nitrogens with one attached hydrogen (secondary N) is 2. The fourth-order valence-corrected chi connectivity index (χ4v) is 4.96. The van der Waals surface area contributed by atoms with Crippen LogP contribution in [0.3, 0.4) is 0 Å². The van der Waals surface area contributed by atoms with Crippen molar-refractivity contribution in [2.75, 3.05) is 29.9 Å². The van der Waals surface area contributed by atoms with Gasteiger partial charge in [-0.2, -0.15) is 5.26 Å². The van der Waals surface area contributed by atoms with Crippen LogP contribution in [0.2, 0.25) is 0 Å². The van der Waals surface area contributed by atoms with E-state index in [9.17, 15) is 18.5 Å². The molecule has 1 amide bonds. The Morgan fingerprint density at radius 2 is 2.03 bits per heavy atom. The maximum Gasteiger partial charge on any atom is 0.240 e. The molecule has 158 valence electrons. The lowest BCUT2D eigenvalue weighted by Gasteiger charge is -2.33. The first kappa shape index (κ1) is 21.7. The lowest BCUT2D eigenvalue weighted by molar-refractivity contribution is -0.114. The van der Waals surface area contributed by atoms with Gasteiger partial charge in [-0.05, 0) is 61.6 Å². The van der Waals surface area contributed by atoms with Crippen molar-refractivity contribution >= 4 is 27.4 Å². The van der Waals surface area contributed by atoms with Crippen LogP contribution in [0.25, 0.3) is 0 Å². The van der Waals surface area contributed by atoms with E-state index in [0.717, 1.165) is 25.9 Å². The number of carbonyl (C=O) groups is 1. The summed E-state index contributed by atoms with van der Waals surface area (Å²) in [6.07, 6.45) is 3.30. The summed E-state index contributed by atoms with van der Waals surface area (Å²) in [5, 5.41) is 11.9. The van der Waals surface area contributed by atoms with Crippen LogP contribution in [-0.4, -0.2) is 38.9 Å². The Balaban J connectivity index is 1.58. The first-order valence-corrected chi connectivity index (χ1v) is 11.3. The van der Waals surface area contributed by atoms with E-state index in [1.54, 1.807) is 37.4 Å². The number of amides is 1. The molecule has 0 bridgehead atoms. The molecule has 3 rings (SSSR count). The van der Waals surface area contributed by atoms with Gasteiger partial charge >= 0.3 is 0 Å². The Morgan fingerprint density at radius 3 is 2.67 bits per heavy atom. The van der Waals surface area contributed by atoms with Gasteiger partial charge in [0.05, 0.1) is 10.5 Å². The summed E-state index contributed by atoms with van der Waals surface area (Å²) in [7, 11) is -3.64. The van der Waals surface area contributed by atoms with Crippen LogP contribution < -0.4 is 14.9 Å². The molecular formula is C21H25N5O3S. The lowest BCUT2D eigenvalue weighted by Crippen LogP contribution is -2.39. The second-order valence-corrected chi connectivity index (χ2v) is 9.17. The standard InChI is InChI=1S/C21H25N5O3S/c1-15-12-19(25-16(2)27)5-6-20(15)30(28,29)24-14-17-7-10-26(11-8-17)21-18(13-22)4-3-9-23-21/h3-6,9,12,17,24H,7-8,10-11,14H2,1-2H3,(H,25,27). The minimum Gasteiger partial charge on any atom is -0.356 e. The highest BCUT2D eigenvalue weighted by molar-refractivity contribution is 7.89. The minimum absolute atomic E-state index is 0.206. The molecule has 9 heteroatoms. The van der Waals surface area contributed by atoms with E-state index in [4.69, 9.17) is 0 Å². The number of aryl methyl sites for hydroxylation is 1. The normalized spacial score (nSPS) is 14.9. The molecule has 1 saturated heterocycles. The Kier molecular flexibility index (Phi) is 6.70. The van der Waals surface area contributed by atoms with Crippen molar-refractivity contribution in [3.8, 4) is 6.07 Å². The molecule has 1 aromatic heterocycles. The number of aromatic nitrogens is 1. The van der Waals surface area contributed by atoms with Gasteiger partial charge in [-0.15, -0.1) is 0 Å². The van der Waals surface area contributed by atoms with Crippen LogP contribution in [0.15, 0.2) is 41.4 Å². The number of benzene rings is 1. The lowest BCUT2D eigenvalue weighted by atomic mass is 9.97. The van der Waals surface area contributed by atoms with Gasteiger partial charge in [0.1, 0.15) is 11.9 Å². The summed E-state index contributed by atoms with van der Waals surface area (Å²) in [6.45, 7) is 4.92. The molecule has 0 saturated carbocycles. The fourth-order valence-electron chi connectivity index (χ4n) is 3.62. The van der Waals surface area contributed by atoms with Gasteiger partial charge in [0, 0.05) is 38.4 Å². The molecule has 2 heterocycles. The Hall–Kier alpha value is -2.96. The molecule has 2 N–H and O–H groups in total. The first-order valence-electron chi connectivity index (χ1n) is 9.78.